The summed E-state index contributed by atoms with van der Waals surface area (Å²) in [5, 5.41) is 1.16. The van der Waals surface area contributed by atoms with E-state index in [2.05, 4.69) is 27.0 Å². The molecule has 6 heteroatoms. The number of benzene rings is 1. The Balaban J connectivity index is 1.63. The zero-order chi connectivity index (χ0) is 18.8. The Morgan fingerprint density at radius 1 is 1.07 bits per heavy atom. The molecule has 0 radical (unpaired) electrons. The molecule has 1 aromatic carbocycles. The quantitative estimate of drug-likeness (QED) is 0.715. The molecule has 0 bridgehead atoms. The van der Waals surface area contributed by atoms with E-state index in [0.717, 1.165) is 47.6 Å². The maximum Gasteiger partial charge on any atom is 0.164 e. The van der Waals surface area contributed by atoms with Crippen molar-refractivity contribution in [3.63, 3.8) is 0 Å². The Labute approximate surface area is 159 Å². The molecule has 142 valence electrons. The maximum absolute atomic E-state index is 5.61. The summed E-state index contributed by atoms with van der Waals surface area (Å²) in [7, 11) is 4.98. The van der Waals surface area contributed by atoms with Crippen LogP contribution in [0.1, 0.15) is 30.1 Å². The molecule has 3 heterocycles. The van der Waals surface area contributed by atoms with Crippen molar-refractivity contribution in [2.45, 2.75) is 25.4 Å². The molecular formula is C21H25N3O3. The van der Waals surface area contributed by atoms with Crippen LogP contribution in [0.25, 0.3) is 11.0 Å². The number of likely N-dealkylation sites (tertiary alicyclic amines) is 1. The second-order valence-electron chi connectivity index (χ2n) is 6.81. The minimum atomic E-state index is 0.344. The third-order valence-electron chi connectivity index (χ3n) is 5.30. The molecule has 0 saturated carbocycles. The summed E-state index contributed by atoms with van der Waals surface area (Å²) in [4.78, 5) is 10.4. The highest BCUT2D eigenvalue weighted by atomic mass is 16.5. The third-order valence-corrected chi connectivity index (χ3v) is 5.30. The number of nitrogens with one attached hydrogen (secondary N) is 1. The van der Waals surface area contributed by atoms with E-state index in [4.69, 9.17) is 14.2 Å². The van der Waals surface area contributed by atoms with Gasteiger partial charge in [0.05, 0.1) is 27.4 Å². The first-order valence-corrected chi connectivity index (χ1v) is 9.20. The zero-order valence-electron chi connectivity index (χ0n) is 16.0. The lowest BCUT2D eigenvalue weighted by molar-refractivity contribution is 0.240. The van der Waals surface area contributed by atoms with Crippen LogP contribution in [-0.4, -0.2) is 42.7 Å². The van der Waals surface area contributed by atoms with Gasteiger partial charge in [0, 0.05) is 35.5 Å². The lowest BCUT2D eigenvalue weighted by Crippen LogP contribution is -2.23. The lowest BCUT2D eigenvalue weighted by atomic mass is 10.1. The number of pyridine rings is 1. The second-order valence-corrected chi connectivity index (χ2v) is 6.81. The van der Waals surface area contributed by atoms with Gasteiger partial charge in [0.1, 0.15) is 11.4 Å². The average molecular weight is 367 g/mol. The fourth-order valence-electron chi connectivity index (χ4n) is 3.96. The van der Waals surface area contributed by atoms with E-state index in [0.29, 0.717) is 11.8 Å². The number of aromatic amines is 1. The number of H-pyrrole nitrogens is 1. The van der Waals surface area contributed by atoms with Crippen molar-refractivity contribution in [1.29, 1.82) is 0 Å². The monoisotopic (exact) mass is 367 g/mol. The van der Waals surface area contributed by atoms with Crippen molar-refractivity contribution in [1.82, 2.24) is 14.9 Å². The maximum atomic E-state index is 5.61. The number of hydrogen-bond acceptors (Lipinski definition) is 5. The van der Waals surface area contributed by atoms with E-state index in [1.807, 2.05) is 24.4 Å². The predicted octanol–water partition coefficient (Wildman–Crippen LogP) is 3.93. The summed E-state index contributed by atoms with van der Waals surface area (Å²) >= 11 is 0. The van der Waals surface area contributed by atoms with Crippen LogP contribution in [0.2, 0.25) is 0 Å². The molecule has 3 aromatic rings. The first-order valence-electron chi connectivity index (χ1n) is 9.20. The van der Waals surface area contributed by atoms with Crippen LogP contribution >= 0.6 is 0 Å². The Bertz CT molecular complexity index is 905. The van der Waals surface area contributed by atoms with Gasteiger partial charge in [-0.15, -0.1) is 0 Å². The normalized spacial score (nSPS) is 17.4. The van der Waals surface area contributed by atoms with Gasteiger partial charge in [-0.1, -0.05) is 0 Å². The number of hydrogen-bond donors (Lipinski definition) is 1. The Morgan fingerprint density at radius 2 is 1.85 bits per heavy atom. The standard InChI is InChI=1S/C21H25N3O3/c1-25-18-12-20(27-3)19(26-2)11-15(18)13-24-9-5-7-17(24)16-10-14-6-4-8-22-21(14)23-16/h4,6,8,10-12,17H,5,7,9,13H2,1-3H3,(H,22,23)/t17-/m0/s1. The van der Waals surface area contributed by atoms with Gasteiger partial charge in [-0.3, -0.25) is 4.90 Å². The van der Waals surface area contributed by atoms with Crippen LogP contribution in [0.15, 0.2) is 36.5 Å². The number of methoxy groups -OCH3 is 3. The second kappa shape index (κ2) is 7.48. The summed E-state index contributed by atoms with van der Waals surface area (Å²) in [6.07, 6.45) is 4.12. The highest BCUT2D eigenvalue weighted by molar-refractivity contribution is 5.76. The first-order chi connectivity index (χ1) is 13.2. The highest BCUT2D eigenvalue weighted by Crippen LogP contribution is 2.39. The molecule has 27 heavy (non-hydrogen) atoms. The van der Waals surface area contributed by atoms with E-state index in [9.17, 15) is 0 Å². The molecule has 1 fully saturated rings. The van der Waals surface area contributed by atoms with Crippen molar-refractivity contribution in [3.8, 4) is 17.2 Å². The van der Waals surface area contributed by atoms with Crippen molar-refractivity contribution >= 4 is 11.0 Å². The van der Waals surface area contributed by atoms with Gasteiger partial charge in [-0.25, -0.2) is 4.98 Å². The summed E-state index contributed by atoms with van der Waals surface area (Å²) in [6, 6.07) is 10.5. The smallest absolute Gasteiger partial charge is 0.164 e. The molecule has 1 aliphatic heterocycles. The van der Waals surface area contributed by atoms with Gasteiger partial charge in [0.15, 0.2) is 11.5 Å². The molecule has 4 rings (SSSR count). The number of rotatable bonds is 6. The summed E-state index contributed by atoms with van der Waals surface area (Å²) in [5.41, 5.74) is 3.26. The molecule has 0 aliphatic carbocycles. The molecule has 1 atom stereocenters. The molecule has 1 aliphatic rings. The molecule has 0 amide bonds. The summed E-state index contributed by atoms with van der Waals surface area (Å²) < 4.78 is 16.5. The largest absolute Gasteiger partial charge is 0.496 e. The fourth-order valence-corrected chi connectivity index (χ4v) is 3.96. The van der Waals surface area contributed by atoms with Gasteiger partial charge in [-0.2, -0.15) is 0 Å². The topological polar surface area (TPSA) is 59.6 Å². The molecule has 2 aromatic heterocycles. The predicted molar refractivity (Wildman–Crippen MR) is 105 cm³/mol. The van der Waals surface area contributed by atoms with Crippen LogP contribution in [0.3, 0.4) is 0 Å². The minimum absolute atomic E-state index is 0.344. The van der Waals surface area contributed by atoms with Crippen LogP contribution in [-0.2, 0) is 6.54 Å². The zero-order valence-corrected chi connectivity index (χ0v) is 16.0. The number of ether oxygens (including phenoxy) is 3. The molecule has 0 unspecified atom stereocenters. The number of fused-ring (bicyclic) bond motifs is 1. The van der Waals surface area contributed by atoms with Gasteiger partial charge in [-0.05, 0) is 43.7 Å². The molecule has 1 N–H and O–H groups in total. The molecule has 6 nitrogen and oxygen atoms in total. The molecule has 0 spiro atoms. The van der Waals surface area contributed by atoms with E-state index < -0.39 is 0 Å². The van der Waals surface area contributed by atoms with Gasteiger partial charge in [0.2, 0.25) is 0 Å². The van der Waals surface area contributed by atoms with Crippen molar-refractivity contribution in [2.75, 3.05) is 27.9 Å². The van der Waals surface area contributed by atoms with Crippen molar-refractivity contribution < 1.29 is 14.2 Å². The Morgan fingerprint density at radius 3 is 2.59 bits per heavy atom. The number of aromatic nitrogens is 2. The summed E-state index contributed by atoms with van der Waals surface area (Å²) in [6.45, 7) is 1.84. The van der Waals surface area contributed by atoms with Gasteiger partial charge >= 0.3 is 0 Å². The van der Waals surface area contributed by atoms with Crippen molar-refractivity contribution in [3.05, 3.63) is 47.8 Å². The molecular weight excluding hydrogens is 342 g/mol. The van der Waals surface area contributed by atoms with Crippen LogP contribution in [0.4, 0.5) is 0 Å². The third kappa shape index (κ3) is 3.32. The summed E-state index contributed by atoms with van der Waals surface area (Å²) in [5.74, 6) is 2.22. The van der Waals surface area contributed by atoms with E-state index in [-0.39, 0.29) is 0 Å². The average Bonchev–Trinajstić information content (AvgIpc) is 3.33. The molecule has 1 saturated heterocycles. The first kappa shape index (κ1) is 17.7. The van der Waals surface area contributed by atoms with E-state index >= 15 is 0 Å². The van der Waals surface area contributed by atoms with Gasteiger partial charge in [0.25, 0.3) is 0 Å². The lowest BCUT2D eigenvalue weighted by Gasteiger charge is -2.25. The Kier molecular flexibility index (Phi) is 4.90. The Hall–Kier alpha value is -2.73. The number of nitrogens with zero attached hydrogens (tertiary/aromatic N) is 2. The van der Waals surface area contributed by atoms with Crippen LogP contribution in [0, 0.1) is 0 Å². The van der Waals surface area contributed by atoms with Gasteiger partial charge < -0.3 is 19.2 Å². The van der Waals surface area contributed by atoms with E-state index in [1.165, 1.54) is 12.1 Å². The highest BCUT2D eigenvalue weighted by Gasteiger charge is 2.28. The van der Waals surface area contributed by atoms with Crippen LogP contribution in [0.5, 0.6) is 17.2 Å². The SMILES string of the molecule is COc1cc(OC)c(OC)cc1CN1CCC[C@H]1c1cc2cccnc2[nH]1. The fraction of sp³-hybridized carbons (Fsp3) is 0.381. The van der Waals surface area contributed by atoms with Crippen molar-refractivity contribution in [2.24, 2.45) is 0 Å². The minimum Gasteiger partial charge on any atom is -0.496 e. The van der Waals surface area contributed by atoms with Crippen LogP contribution < -0.4 is 14.2 Å². The van der Waals surface area contributed by atoms with E-state index in [1.54, 1.807) is 21.3 Å².